The third-order valence-electron chi connectivity index (χ3n) is 3.40. The first-order valence-corrected chi connectivity index (χ1v) is 7.23. The van der Waals surface area contributed by atoms with Gasteiger partial charge in [0.25, 0.3) is 5.91 Å². The smallest absolute Gasteiger partial charge is 0.256 e. The summed E-state index contributed by atoms with van der Waals surface area (Å²) in [5.41, 5.74) is 0.982. The van der Waals surface area contributed by atoms with Gasteiger partial charge in [0.05, 0.1) is 18.4 Å². The number of anilines is 1. The number of rotatable bonds is 3. The number of hydrogen-bond donors (Lipinski definition) is 2. The summed E-state index contributed by atoms with van der Waals surface area (Å²) in [5, 5.41) is 3.86. The van der Waals surface area contributed by atoms with Crippen LogP contribution in [0.5, 0.6) is 5.75 Å². The predicted molar refractivity (Wildman–Crippen MR) is 90.5 cm³/mol. The number of methoxy groups -OCH3 is 1. The van der Waals surface area contributed by atoms with Gasteiger partial charge in [-0.3, -0.25) is 9.59 Å². The van der Waals surface area contributed by atoms with Crippen LogP contribution in [0.2, 0.25) is 5.02 Å². The molecule has 6 heteroatoms. The molecule has 2 N–H and O–H groups in total. The van der Waals surface area contributed by atoms with E-state index < -0.39 is 5.91 Å². The molecule has 5 nitrogen and oxygen atoms in total. The summed E-state index contributed by atoms with van der Waals surface area (Å²) in [5.74, 6) is 0.0739. The molecule has 0 saturated heterocycles. The lowest BCUT2D eigenvalue weighted by molar-refractivity contribution is 0.102. The van der Waals surface area contributed by atoms with Crippen molar-refractivity contribution in [3.05, 3.63) is 69.5 Å². The van der Waals surface area contributed by atoms with Crippen molar-refractivity contribution < 1.29 is 9.53 Å². The van der Waals surface area contributed by atoms with Crippen molar-refractivity contribution in [3.63, 3.8) is 0 Å². The quantitative estimate of drug-likeness (QED) is 0.773. The predicted octanol–water partition coefficient (Wildman–Crippen LogP) is 3.44. The Morgan fingerprint density at radius 3 is 2.74 bits per heavy atom. The minimum atomic E-state index is -0.409. The molecule has 1 heterocycles. The molecule has 1 aromatic heterocycles. The number of pyridine rings is 1. The van der Waals surface area contributed by atoms with Crippen molar-refractivity contribution in [2.24, 2.45) is 0 Å². The van der Waals surface area contributed by atoms with Crippen molar-refractivity contribution in [3.8, 4) is 5.75 Å². The highest BCUT2D eigenvalue weighted by atomic mass is 35.5. The zero-order chi connectivity index (χ0) is 16.4. The SMILES string of the molecule is COc1ccc(Cl)cc1NC(=O)c1cc(=O)[nH]c2ccccc12. The maximum Gasteiger partial charge on any atom is 0.256 e. The molecule has 0 aliphatic heterocycles. The van der Waals surface area contributed by atoms with E-state index in [0.29, 0.717) is 27.4 Å². The fraction of sp³-hybridized carbons (Fsp3) is 0.0588. The number of amides is 1. The Morgan fingerprint density at radius 1 is 1.17 bits per heavy atom. The Labute approximate surface area is 136 Å². The zero-order valence-corrected chi connectivity index (χ0v) is 13.0. The fourth-order valence-corrected chi connectivity index (χ4v) is 2.53. The van der Waals surface area contributed by atoms with Gasteiger partial charge in [-0.25, -0.2) is 0 Å². The molecule has 0 radical (unpaired) electrons. The van der Waals surface area contributed by atoms with Crippen LogP contribution >= 0.6 is 11.6 Å². The Balaban J connectivity index is 2.05. The standard InChI is InChI=1S/C17H13ClN2O3/c1-23-15-7-6-10(18)8-14(15)20-17(22)12-9-16(21)19-13-5-3-2-4-11(12)13/h2-9H,1H3,(H,19,21)(H,20,22). The maximum absolute atomic E-state index is 12.6. The molecular weight excluding hydrogens is 316 g/mol. The monoisotopic (exact) mass is 328 g/mol. The van der Waals surface area contributed by atoms with E-state index in [0.717, 1.165) is 0 Å². The normalized spacial score (nSPS) is 10.5. The molecule has 0 bridgehead atoms. The largest absolute Gasteiger partial charge is 0.495 e. The van der Waals surface area contributed by atoms with Crippen molar-refractivity contribution in [1.82, 2.24) is 4.98 Å². The summed E-state index contributed by atoms with van der Waals surface area (Å²) < 4.78 is 5.21. The third kappa shape index (κ3) is 3.05. The minimum Gasteiger partial charge on any atom is -0.495 e. The van der Waals surface area contributed by atoms with Crippen molar-refractivity contribution in [1.29, 1.82) is 0 Å². The summed E-state index contributed by atoms with van der Waals surface area (Å²) in [6.45, 7) is 0. The number of H-pyrrole nitrogens is 1. The van der Waals surface area contributed by atoms with Crippen molar-refractivity contribution in [2.75, 3.05) is 12.4 Å². The molecular formula is C17H13ClN2O3. The van der Waals surface area contributed by atoms with Gasteiger partial charge in [-0.15, -0.1) is 0 Å². The van der Waals surface area contributed by atoms with Crippen molar-refractivity contribution >= 4 is 34.1 Å². The summed E-state index contributed by atoms with van der Waals surface area (Å²) >= 11 is 5.96. The van der Waals surface area contributed by atoms with Crippen molar-refractivity contribution in [2.45, 2.75) is 0 Å². The molecule has 3 aromatic rings. The Kier molecular flexibility index (Phi) is 4.04. The topological polar surface area (TPSA) is 71.2 Å². The molecule has 0 aliphatic rings. The van der Waals surface area contributed by atoms with E-state index in [1.165, 1.54) is 13.2 Å². The first-order chi connectivity index (χ1) is 11.1. The number of fused-ring (bicyclic) bond motifs is 1. The molecule has 0 fully saturated rings. The van der Waals surface area contributed by atoms with Crippen LogP contribution in [-0.4, -0.2) is 18.0 Å². The van der Waals surface area contributed by atoms with E-state index in [4.69, 9.17) is 16.3 Å². The molecule has 0 atom stereocenters. The number of para-hydroxylation sites is 1. The molecule has 0 saturated carbocycles. The van der Waals surface area contributed by atoms with Crippen LogP contribution in [-0.2, 0) is 0 Å². The molecule has 1 amide bonds. The van der Waals surface area contributed by atoms with Gasteiger partial charge in [0.15, 0.2) is 0 Å². The average molecular weight is 329 g/mol. The second-order valence-electron chi connectivity index (χ2n) is 4.89. The second kappa shape index (κ2) is 6.14. The Morgan fingerprint density at radius 2 is 1.96 bits per heavy atom. The average Bonchev–Trinajstić information content (AvgIpc) is 2.54. The van der Waals surface area contributed by atoms with E-state index in [1.807, 2.05) is 0 Å². The number of halogens is 1. The number of carbonyl (C=O) groups excluding carboxylic acids is 1. The molecule has 116 valence electrons. The van der Waals surface area contributed by atoms with E-state index >= 15 is 0 Å². The molecule has 0 aliphatic carbocycles. The molecule has 0 unspecified atom stereocenters. The van der Waals surface area contributed by atoms with Crippen LogP contribution in [0.1, 0.15) is 10.4 Å². The molecule has 0 spiro atoms. The van der Waals surface area contributed by atoms with Gasteiger partial charge in [0, 0.05) is 22.0 Å². The molecule has 2 aromatic carbocycles. The third-order valence-corrected chi connectivity index (χ3v) is 3.64. The van der Waals surface area contributed by atoms with Gasteiger partial charge >= 0.3 is 0 Å². The number of aromatic amines is 1. The first kappa shape index (κ1) is 15.1. The highest BCUT2D eigenvalue weighted by molar-refractivity contribution is 6.31. The number of benzene rings is 2. The zero-order valence-electron chi connectivity index (χ0n) is 12.2. The van der Waals surface area contributed by atoms with E-state index in [-0.39, 0.29) is 11.1 Å². The van der Waals surface area contributed by atoms with E-state index in [1.54, 1.807) is 42.5 Å². The number of carbonyl (C=O) groups is 1. The maximum atomic E-state index is 12.6. The van der Waals surface area contributed by atoms with Gasteiger partial charge in [-0.05, 0) is 24.3 Å². The lowest BCUT2D eigenvalue weighted by Crippen LogP contribution is -2.17. The fourth-order valence-electron chi connectivity index (χ4n) is 2.36. The van der Waals surface area contributed by atoms with Crippen LogP contribution in [0, 0.1) is 0 Å². The highest BCUT2D eigenvalue weighted by Crippen LogP contribution is 2.28. The first-order valence-electron chi connectivity index (χ1n) is 6.85. The summed E-state index contributed by atoms with van der Waals surface area (Å²) in [7, 11) is 1.50. The van der Waals surface area contributed by atoms with E-state index in [9.17, 15) is 9.59 Å². The van der Waals surface area contributed by atoms with Crippen LogP contribution in [0.4, 0.5) is 5.69 Å². The van der Waals surface area contributed by atoms with Gasteiger partial charge in [0.1, 0.15) is 5.75 Å². The number of hydrogen-bond acceptors (Lipinski definition) is 3. The number of nitrogens with one attached hydrogen (secondary N) is 2. The van der Waals surface area contributed by atoms with Crippen LogP contribution < -0.4 is 15.6 Å². The molecule has 23 heavy (non-hydrogen) atoms. The highest BCUT2D eigenvalue weighted by Gasteiger charge is 2.14. The van der Waals surface area contributed by atoms with Crippen LogP contribution in [0.15, 0.2) is 53.3 Å². The molecule has 3 rings (SSSR count). The van der Waals surface area contributed by atoms with E-state index in [2.05, 4.69) is 10.3 Å². The number of aromatic nitrogens is 1. The Bertz CT molecular complexity index is 950. The Hall–Kier alpha value is -2.79. The summed E-state index contributed by atoms with van der Waals surface area (Å²) in [6, 6.07) is 13.3. The second-order valence-corrected chi connectivity index (χ2v) is 5.33. The lowest BCUT2D eigenvalue weighted by atomic mass is 10.1. The van der Waals surface area contributed by atoms with Crippen LogP contribution in [0.3, 0.4) is 0 Å². The summed E-state index contributed by atoms with van der Waals surface area (Å²) in [4.78, 5) is 27.1. The summed E-state index contributed by atoms with van der Waals surface area (Å²) in [6.07, 6.45) is 0. The van der Waals surface area contributed by atoms with Gasteiger partial charge in [-0.2, -0.15) is 0 Å². The van der Waals surface area contributed by atoms with Gasteiger partial charge in [-0.1, -0.05) is 29.8 Å². The van der Waals surface area contributed by atoms with Gasteiger partial charge < -0.3 is 15.0 Å². The number of ether oxygens (including phenoxy) is 1. The van der Waals surface area contributed by atoms with Gasteiger partial charge in [0.2, 0.25) is 5.56 Å². The van der Waals surface area contributed by atoms with Crippen LogP contribution in [0.25, 0.3) is 10.9 Å². The minimum absolute atomic E-state index is 0.284. The lowest BCUT2D eigenvalue weighted by Gasteiger charge is -2.11.